The first-order valence-electron chi connectivity index (χ1n) is 8.18. The Balaban J connectivity index is 1.66. The largest absolute Gasteiger partial charge is 0.497 e. The Bertz CT molecular complexity index is 692. The Morgan fingerprint density at radius 3 is 3.12 bits per heavy atom. The van der Waals surface area contributed by atoms with Crippen molar-refractivity contribution >= 4 is 23.1 Å². The summed E-state index contributed by atoms with van der Waals surface area (Å²) in [6.07, 6.45) is -0.148. The minimum atomic E-state index is -0.598. The highest BCUT2D eigenvalue weighted by molar-refractivity contribution is 7.10. The fourth-order valence-electron chi connectivity index (χ4n) is 2.87. The van der Waals surface area contributed by atoms with Crippen LogP contribution in [0.15, 0.2) is 41.8 Å². The third-order valence-electron chi connectivity index (χ3n) is 4.18. The fourth-order valence-corrected chi connectivity index (χ4v) is 3.59. The molecule has 0 aliphatic carbocycles. The molecule has 0 unspecified atom stereocenters. The molecule has 7 heteroatoms. The van der Waals surface area contributed by atoms with Crippen molar-refractivity contribution in [2.45, 2.75) is 18.6 Å². The molecule has 1 fully saturated rings. The van der Waals surface area contributed by atoms with Crippen LogP contribution in [0.1, 0.15) is 17.4 Å². The number of methoxy groups -OCH3 is 1. The molecule has 1 aromatic carbocycles. The van der Waals surface area contributed by atoms with Crippen molar-refractivity contribution < 1.29 is 19.4 Å². The predicted octanol–water partition coefficient (Wildman–Crippen LogP) is 3.11. The molecule has 0 spiro atoms. The molecule has 2 N–H and O–H groups in total. The molecular formula is C18H22N2O4S. The second-order valence-electron chi connectivity index (χ2n) is 5.85. The van der Waals surface area contributed by atoms with Gasteiger partial charge in [-0.25, -0.2) is 4.79 Å². The average Bonchev–Trinajstić information content (AvgIpc) is 3.17. The molecular weight excluding hydrogens is 340 g/mol. The molecule has 1 aromatic heterocycles. The monoisotopic (exact) mass is 362 g/mol. The number of anilines is 1. The molecule has 25 heavy (non-hydrogen) atoms. The number of urea groups is 1. The van der Waals surface area contributed by atoms with Gasteiger partial charge in [0, 0.05) is 29.6 Å². The zero-order valence-corrected chi connectivity index (χ0v) is 14.9. The van der Waals surface area contributed by atoms with E-state index in [2.05, 4.69) is 5.32 Å². The Kier molecular flexibility index (Phi) is 5.91. The van der Waals surface area contributed by atoms with E-state index in [1.54, 1.807) is 18.1 Å². The molecule has 1 aliphatic heterocycles. The number of hydrogen-bond donors (Lipinski definition) is 2. The summed E-state index contributed by atoms with van der Waals surface area (Å²) in [6.45, 7) is 1.42. The standard InChI is InChI=1S/C18H22N2O4S/c1-23-15-5-2-4-13(10-15)19-18(22)20-7-8-24-12-14(20)11-16(21)17-6-3-9-25-17/h2-6,9-10,14,16,21H,7-8,11-12H2,1H3,(H,19,22)/t14-,16+/m0/s1. The van der Waals surface area contributed by atoms with Gasteiger partial charge in [0.15, 0.2) is 0 Å². The van der Waals surface area contributed by atoms with Crippen molar-refractivity contribution in [2.75, 3.05) is 32.2 Å². The smallest absolute Gasteiger partial charge is 0.322 e. The Morgan fingerprint density at radius 2 is 2.36 bits per heavy atom. The number of morpholine rings is 1. The molecule has 6 nitrogen and oxygen atoms in total. The summed E-state index contributed by atoms with van der Waals surface area (Å²) in [5, 5.41) is 15.2. The van der Waals surface area contributed by atoms with Crippen LogP contribution in [-0.2, 0) is 4.74 Å². The molecule has 2 amide bonds. The summed E-state index contributed by atoms with van der Waals surface area (Å²) >= 11 is 1.51. The van der Waals surface area contributed by atoms with Gasteiger partial charge in [0.05, 0.1) is 32.5 Å². The lowest BCUT2D eigenvalue weighted by atomic mass is 10.1. The summed E-state index contributed by atoms with van der Waals surface area (Å²) < 4.78 is 10.7. The number of amides is 2. The molecule has 0 bridgehead atoms. The highest BCUT2D eigenvalue weighted by atomic mass is 32.1. The Labute approximate surface area is 151 Å². The van der Waals surface area contributed by atoms with Crippen LogP contribution in [0.3, 0.4) is 0 Å². The molecule has 0 saturated carbocycles. The number of nitrogens with one attached hydrogen (secondary N) is 1. The van der Waals surface area contributed by atoms with Crippen LogP contribution >= 0.6 is 11.3 Å². The summed E-state index contributed by atoms with van der Waals surface area (Å²) in [7, 11) is 1.59. The van der Waals surface area contributed by atoms with E-state index in [0.29, 0.717) is 37.6 Å². The second kappa shape index (κ2) is 8.33. The lowest BCUT2D eigenvalue weighted by Crippen LogP contribution is -2.50. The minimum Gasteiger partial charge on any atom is -0.497 e. The molecule has 2 aromatic rings. The first kappa shape index (κ1) is 17.7. The maximum atomic E-state index is 12.7. The van der Waals surface area contributed by atoms with E-state index in [9.17, 15) is 9.90 Å². The van der Waals surface area contributed by atoms with E-state index in [1.165, 1.54) is 11.3 Å². The number of ether oxygens (including phenoxy) is 2. The lowest BCUT2D eigenvalue weighted by molar-refractivity contribution is -0.00382. The number of benzene rings is 1. The third kappa shape index (κ3) is 4.50. The minimum absolute atomic E-state index is 0.170. The van der Waals surface area contributed by atoms with Crippen molar-refractivity contribution in [2.24, 2.45) is 0 Å². The van der Waals surface area contributed by atoms with E-state index in [1.807, 2.05) is 35.7 Å². The molecule has 0 radical (unpaired) electrons. The van der Waals surface area contributed by atoms with Crippen molar-refractivity contribution in [1.82, 2.24) is 4.90 Å². The number of thiophene rings is 1. The van der Waals surface area contributed by atoms with Gasteiger partial charge in [-0.15, -0.1) is 11.3 Å². The van der Waals surface area contributed by atoms with Gasteiger partial charge in [-0.2, -0.15) is 0 Å². The number of hydrogen-bond acceptors (Lipinski definition) is 5. The Hall–Kier alpha value is -2.09. The van der Waals surface area contributed by atoms with Gasteiger partial charge in [0.25, 0.3) is 0 Å². The highest BCUT2D eigenvalue weighted by Crippen LogP contribution is 2.26. The number of aliphatic hydroxyl groups is 1. The zero-order chi connectivity index (χ0) is 17.6. The zero-order valence-electron chi connectivity index (χ0n) is 14.1. The van der Waals surface area contributed by atoms with Crippen LogP contribution in [0.2, 0.25) is 0 Å². The first-order chi connectivity index (χ1) is 12.2. The number of rotatable bonds is 5. The van der Waals surface area contributed by atoms with Crippen molar-refractivity contribution in [3.8, 4) is 5.75 Å². The number of carbonyl (C=O) groups excluding carboxylic acids is 1. The lowest BCUT2D eigenvalue weighted by Gasteiger charge is -2.36. The maximum Gasteiger partial charge on any atom is 0.322 e. The highest BCUT2D eigenvalue weighted by Gasteiger charge is 2.30. The molecule has 1 saturated heterocycles. The second-order valence-corrected chi connectivity index (χ2v) is 6.83. The van der Waals surface area contributed by atoms with E-state index in [4.69, 9.17) is 9.47 Å². The van der Waals surface area contributed by atoms with Crippen LogP contribution in [0, 0.1) is 0 Å². The van der Waals surface area contributed by atoms with Gasteiger partial charge >= 0.3 is 6.03 Å². The summed E-state index contributed by atoms with van der Waals surface area (Å²) in [6, 6.07) is 10.7. The summed E-state index contributed by atoms with van der Waals surface area (Å²) in [5.41, 5.74) is 0.674. The van der Waals surface area contributed by atoms with E-state index < -0.39 is 6.10 Å². The third-order valence-corrected chi connectivity index (χ3v) is 5.15. The topological polar surface area (TPSA) is 71.0 Å². The van der Waals surface area contributed by atoms with Gasteiger partial charge in [-0.3, -0.25) is 0 Å². The van der Waals surface area contributed by atoms with Gasteiger partial charge in [-0.1, -0.05) is 12.1 Å². The van der Waals surface area contributed by atoms with Crippen LogP contribution in [0.25, 0.3) is 0 Å². The number of carbonyl (C=O) groups is 1. The van der Waals surface area contributed by atoms with Gasteiger partial charge in [0.1, 0.15) is 5.75 Å². The Morgan fingerprint density at radius 1 is 1.48 bits per heavy atom. The SMILES string of the molecule is COc1cccc(NC(=O)N2CCOC[C@@H]2C[C@@H](O)c2cccs2)c1. The molecule has 134 valence electrons. The van der Waals surface area contributed by atoms with Crippen molar-refractivity contribution in [1.29, 1.82) is 0 Å². The van der Waals surface area contributed by atoms with Crippen LogP contribution in [0.5, 0.6) is 5.75 Å². The van der Waals surface area contributed by atoms with Crippen molar-refractivity contribution in [3.05, 3.63) is 46.7 Å². The number of nitrogens with zero attached hydrogens (tertiary/aromatic N) is 1. The number of aliphatic hydroxyl groups excluding tert-OH is 1. The first-order valence-corrected chi connectivity index (χ1v) is 9.06. The molecule has 1 aliphatic rings. The van der Waals surface area contributed by atoms with Gasteiger partial charge in [-0.05, 0) is 23.6 Å². The van der Waals surface area contributed by atoms with Gasteiger partial charge in [0.2, 0.25) is 0 Å². The fraction of sp³-hybridized carbons (Fsp3) is 0.389. The molecule has 2 heterocycles. The van der Waals surface area contributed by atoms with Crippen LogP contribution < -0.4 is 10.1 Å². The van der Waals surface area contributed by atoms with Gasteiger partial charge < -0.3 is 24.8 Å². The summed E-state index contributed by atoms with van der Waals surface area (Å²) in [4.78, 5) is 15.3. The molecule has 3 rings (SSSR count). The summed E-state index contributed by atoms with van der Waals surface area (Å²) in [5.74, 6) is 0.685. The van der Waals surface area contributed by atoms with Crippen molar-refractivity contribution in [3.63, 3.8) is 0 Å². The quantitative estimate of drug-likeness (QED) is 0.857. The predicted molar refractivity (Wildman–Crippen MR) is 97.2 cm³/mol. The average molecular weight is 362 g/mol. The molecule has 2 atom stereocenters. The van der Waals surface area contributed by atoms with Crippen LogP contribution in [-0.4, -0.2) is 48.9 Å². The van der Waals surface area contributed by atoms with E-state index >= 15 is 0 Å². The van der Waals surface area contributed by atoms with Crippen LogP contribution in [0.4, 0.5) is 10.5 Å². The van der Waals surface area contributed by atoms with E-state index in [-0.39, 0.29) is 12.1 Å². The van der Waals surface area contributed by atoms with E-state index in [0.717, 1.165) is 4.88 Å². The normalized spacial score (nSPS) is 18.6. The maximum absolute atomic E-state index is 12.7.